The van der Waals surface area contributed by atoms with E-state index < -0.39 is 0 Å². The van der Waals surface area contributed by atoms with Gasteiger partial charge in [0.25, 0.3) is 0 Å². The highest BCUT2D eigenvalue weighted by Gasteiger charge is 2.03. The Morgan fingerprint density at radius 2 is 1.75 bits per heavy atom. The number of benzene rings is 2. The quantitative estimate of drug-likeness (QED) is 0.633. The van der Waals surface area contributed by atoms with E-state index in [4.69, 9.17) is 9.47 Å². The minimum Gasteiger partial charge on any atom is -0.497 e. The molecule has 0 heterocycles. The lowest BCUT2D eigenvalue weighted by Crippen LogP contribution is -2.04. The van der Waals surface area contributed by atoms with Gasteiger partial charge in [0.1, 0.15) is 5.75 Å². The van der Waals surface area contributed by atoms with E-state index in [1.807, 2.05) is 30.3 Å². The van der Waals surface area contributed by atoms with E-state index in [2.05, 4.69) is 11.8 Å². The van der Waals surface area contributed by atoms with Gasteiger partial charge in [0.15, 0.2) is 6.61 Å². The summed E-state index contributed by atoms with van der Waals surface area (Å²) in [5.74, 6) is 6.14. The van der Waals surface area contributed by atoms with Gasteiger partial charge in [0, 0.05) is 5.56 Å². The first kappa shape index (κ1) is 13.7. The van der Waals surface area contributed by atoms with Gasteiger partial charge in [-0.3, -0.25) is 0 Å². The summed E-state index contributed by atoms with van der Waals surface area (Å²) in [5, 5.41) is 0. The van der Waals surface area contributed by atoms with Crippen LogP contribution < -0.4 is 4.74 Å². The molecule has 0 radical (unpaired) electrons. The molecule has 100 valence electrons. The highest BCUT2D eigenvalue weighted by atomic mass is 16.5. The van der Waals surface area contributed by atoms with Crippen LogP contribution in [0.1, 0.15) is 15.9 Å². The number of esters is 1. The zero-order chi connectivity index (χ0) is 14.2. The van der Waals surface area contributed by atoms with Crippen LogP contribution in [0.4, 0.5) is 0 Å². The van der Waals surface area contributed by atoms with Crippen LogP contribution in [-0.4, -0.2) is 19.7 Å². The predicted octanol–water partition coefficient (Wildman–Crippen LogP) is 2.90. The average Bonchev–Trinajstić information content (AvgIpc) is 2.53. The van der Waals surface area contributed by atoms with Crippen LogP contribution in [-0.2, 0) is 4.74 Å². The summed E-state index contributed by atoms with van der Waals surface area (Å²) in [6.07, 6.45) is 0. The van der Waals surface area contributed by atoms with Crippen LogP contribution in [0.3, 0.4) is 0 Å². The maximum absolute atomic E-state index is 11.6. The number of carbonyl (C=O) groups excluding carboxylic acids is 1. The Kier molecular flexibility index (Phi) is 4.80. The first-order valence-electron chi connectivity index (χ1n) is 6.14. The average molecular weight is 266 g/mol. The molecule has 0 saturated heterocycles. The Morgan fingerprint density at radius 3 is 2.40 bits per heavy atom. The van der Waals surface area contributed by atoms with E-state index in [0.29, 0.717) is 5.56 Å². The zero-order valence-corrected chi connectivity index (χ0v) is 11.1. The summed E-state index contributed by atoms with van der Waals surface area (Å²) < 4.78 is 10.1. The lowest BCUT2D eigenvalue weighted by atomic mass is 10.2. The normalized spacial score (nSPS) is 9.25. The second-order valence-electron chi connectivity index (χ2n) is 3.97. The lowest BCUT2D eigenvalue weighted by Gasteiger charge is -2.00. The number of carbonyl (C=O) groups is 1. The number of hydrogen-bond donors (Lipinski definition) is 0. The molecule has 0 N–H and O–H groups in total. The minimum absolute atomic E-state index is 0.0692. The number of hydrogen-bond acceptors (Lipinski definition) is 3. The molecule has 0 aromatic heterocycles. The molecular weight excluding hydrogens is 252 g/mol. The molecule has 3 heteroatoms. The number of methoxy groups -OCH3 is 1. The van der Waals surface area contributed by atoms with Crippen molar-refractivity contribution in [2.24, 2.45) is 0 Å². The molecule has 0 bridgehead atoms. The topological polar surface area (TPSA) is 35.5 Å². The van der Waals surface area contributed by atoms with Gasteiger partial charge in [0.05, 0.1) is 12.7 Å². The van der Waals surface area contributed by atoms with Crippen molar-refractivity contribution in [2.75, 3.05) is 13.7 Å². The molecule has 0 saturated carbocycles. The lowest BCUT2D eigenvalue weighted by molar-refractivity contribution is 0.0556. The third-order valence-electron chi connectivity index (χ3n) is 2.61. The van der Waals surface area contributed by atoms with E-state index >= 15 is 0 Å². The molecule has 0 aliphatic heterocycles. The molecule has 0 aliphatic rings. The molecule has 2 aromatic carbocycles. The van der Waals surface area contributed by atoms with Crippen molar-refractivity contribution in [3.63, 3.8) is 0 Å². The molecule has 0 fully saturated rings. The first-order valence-corrected chi connectivity index (χ1v) is 6.14. The highest BCUT2D eigenvalue weighted by Crippen LogP contribution is 2.10. The Hall–Kier alpha value is -2.73. The fraction of sp³-hybridized carbons (Fsp3) is 0.118. The number of rotatable bonds is 3. The Labute approximate surface area is 118 Å². The van der Waals surface area contributed by atoms with Crippen LogP contribution in [0.25, 0.3) is 0 Å². The second kappa shape index (κ2) is 7.01. The van der Waals surface area contributed by atoms with Crippen LogP contribution in [0.15, 0.2) is 54.6 Å². The van der Waals surface area contributed by atoms with Gasteiger partial charge in [-0.2, -0.15) is 0 Å². The molecule has 0 amide bonds. The van der Waals surface area contributed by atoms with Gasteiger partial charge in [0.2, 0.25) is 0 Å². The summed E-state index contributed by atoms with van der Waals surface area (Å²) in [6, 6.07) is 16.2. The van der Waals surface area contributed by atoms with Crippen molar-refractivity contribution < 1.29 is 14.3 Å². The monoisotopic (exact) mass is 266 g/mol. The summed E-state index contributed by atoms with van der Waals surface area (Å²) in [4.78, 5) is 11.6. The molecule has 2 rings (SSSR count). The molecule has 2 aromatic rings. The minimum atomic E-state index is -0.366. The number of ether oxygens (including phenoxy) is 2. The van der Waals surface area contributed by atoms with Gasteiger partial charge in [-0.1, -0.05) is 30.0 Å². The van der Waals surface area contributed by atoms with Gasteiger partial charge in [-0.15, -0.1) is 0 Å². The Balaban J connectivity index is 1.87. The standard InChI is InChI=1S/C17H14O3/c1-19-16-11-9-14(10-12-16)6-5-13-20-17(18)15-7-3-2-4-8-15/h2-4,7-12H,13H2,1H3. The van der Waals surface area contributed by atoms with Gasteiger partial charge >= 0.3 is 5.97 Å². The summed E-state index contributed by atoms with van der Waals surface area (Å²) in [5.41, 5.74) is 1.38. The van der Waals surface area contributed by atoms with Crippen molar-refractivity contribution in [2.45, 2.75) is 0 Å². The molecule has 0 unspecified atom stereocenters. The van der Waals surface area contributed by atoms with Crippen LogP contribution in [0.2, 0.25) is 0 Å². The molecule has 3 nitrogen and oxygen atoms in total. The van der Waals surface area contributed by atoms with Crippen molar-refractivity contribution >= 4 is 5.97 Å². The maximum Gasteiger partial charge on any atom is 0.339 e. The predicted molar refractivity (Wildman–Crippen MR) is 76.6 cm³/mol. The second-order valence-corrected chi connectivity index (χ2v) is 3.97. The van der Waals surface area contributed by atoms with Crippen LogP contribution >= 0.6 is 0 Å². The van der Waals surface area contributed by atoms with Crippen molar-refractivity contribution in [1.29, 1.82) is 0 Å². The van der Waals surface area contributed by atoms with Crippen molar-refractivity contribution in [3.8, 4) is 17.6 Å². The van der Waals surface area contributed by atoms with E-state index in [9.17, 15) is 4.79 Å². The SMILES string of the molecule is COc1ccc(C#CCOC(=O)c2ccccc2)cc1. The molecular formula is C17H14O3. The summed E-state index contributed by atoms with van der Waals surface area (Å²) in [6.45, 7) is 0.0692. The van der Waals surface area contributed by atoms with Gasteiger partial charge in [-0.05, 0) is 36.4 Å². The summed E-state index contributed by atoms with van der Waals surface area (Å²) in [7, 11) is 1.61. The van der Waals surface area contributed by atoms with E-state index in [1.165, 1.54) is 0 Å². The summed E-state index contributed by atoms with van der Waals surface area (Å²) >= 11 is 0. The Bertz CT molecular complexity index is 619. The fourth-order valence-electron chi connectivity index (χ4n) is 1.57. The van der Waals surface area contributed by atoms with E-state index in [-0.39, 0.29) is 12.6 Å². The third-order valence-corrected chi connectivity index (χ3v) is 2.61. The van der Waals surface area contributed by atoms with Crippen molar-refractivity contribution in [1.82, 2.24) is 0 Å². The molecule has 0 spiro atoms. The fourth-order valence-corrected chi connectivity index (χ4v) is 1.57. The van der Waals surface area contributed by atoms with Gasteiger partial charge in [-0.25, -0.2) is 4.79 Å². The van der Waals surface area contributed by atoms with Gasteiger partial charge < -0.3 is 9.47 Å². The maximum atomic E-state index is 11.6. The third kappa shape index (κ3) is 3.89. The van der Waals surface area contributed by atoms with Crippen LogP contribution in [0.5, 0.6) is 5.75 Å². The largest absolute Gasteiger partial charge is 0.497 e. The first-order chi connectivity index (χ1) is 9.79. The van der Waals surface area contributed by atoms with E-state index in [0.717, 1.165) is 11.3 Å². The zero-order valence-electron chi connectivity index (χ0n) is 11.1. The van der Waals surface area contributed by atoms with Crippen molar-refractivity contribution in [3.05, 3.63) is 65.7 Å². The highest BCUT2D eigenvalue weighted by molar-refractivity contribution is 5.89. The van der Waals surface area contributed by atoms with Crippen LogP contribution in [0, 0.1) is 11.8 Å². The molecule has 0 atom stereocenters. The Morgan fingerprint density at radius 1 is 1.05 bits per heavy atom. The molecule has 20 heavy (non-hydrogen) atoms. The smallest absolute Gasteiger partial charge is 0.339 e. The molecule has 0 aliphatic carbocycles. The van der Waals surface area contributed by atoms with E-state index in [1.54, 1.807) is 31.4 Å².